The summed E-state index contributed by atoms with van der Waals surface area (Å²) in [6.07, 6.45) is 11.2. The average Bonchev–Trinajstić information content (AvgIpc) is 3.73. The van der Waals surface area contributed by atoms with Crippen molar-refractivity contribution < 1.29 is 20.4 Å². The summed E-state index contributed by atoms with van der Waals surface area (Å²) in [5.41, 5.74) is 5.41. The molecule has 5 aliphatic heterocycles. The van der Waals surface area contributed by atoms with Crippen molar-refractivity contribution in [2.24, 2.45) is 23.7 Å². The molecule has 5 fully saturated rings. The molecular weight excluding hydrogens is 603 g/mol. The third-order valence-electron chi connectivity index (χ3n) is 11.3. The van der Waals surface area contributed by atoms with E-state index >= 15 is 0 Å². The summed E-state index contributed by atoms with van der Waals surface area (Å²) in [5.74, 6) is 2.29. The average molecular weight is 645 g/mol. The van der Waals surface area contributed by atoms with Crippen molar-refractivity contribution in [3.05, 3.63) is 81.4 Å². The number of benzene rings is 2. The van der Waals surface area contributed by atoms with Gasteiger partial charge in [-0.2, -0.15) is 0 Å². The molecule has 6 N–H and O–H groups in total. The fourth-order valence-electron chi connectivity index (χ4n) is 9.40. The Morgan fingerprint density at radius 3 is 0.951 bits per heavy atom. The molecule has 0 spiro atoms. The Balaban J connectivity index is 0.00000256. The van der Waals surface area contributed by atoms with E-state index in [0.29, 0.717) is 23.7 Å². The van der Waals surface area contributed by atoms with E-state index in [4.69, 9.17) is 10.6 Å². The summed E-state index contributed by atoms with van der Waals surface area (Å²) < 4.78 is 0. The summed E-state index contributed by atoms with van der Waals surface area (Å²) in [4.78, 5) is 0. The van der Waals surface area contributed by atoms with Crippen molar-refractivity contribution in [2.45, 2.75) is 101 Å². The maximum Gasteiger partial charge on any atom is 2.00 e. The fraction of sp³-hybridized carbons (Fsp3) is 0.625. The largest absolute Gasteiger partial charge is 2.00 e. The minimum Gasteiger partial charge on any atom is -0.632 e. The van der Waals surface area contributed by atoms with Crippen LogP contribution in [0.4, 0.5) is 0 Å². The van der Waals surface area contributed by atoms with E-state index in [1.807, 2.05) is 0 Å². The van der Waals surface area contributed by atoms with Gasteiger partial charge in [-0.3, -0.25) is 10.6 Å². The smallest absolute Gasteiger partial charge is 0.632 e. The summed E-state index contributed by atoms with van der Waals surface area (Å²) in [6.45, 7) is 0. The molecule has 41 heavy (non-hydrogen) atoms. The van der Waals surface area contributed by atoms with E-state index in [0.717, 1.165) is 0 Å². The molecule has 5 heterocycles. The molecule has 220 valence electrons. The van der Waals surface area contributed by atoms with Gasteiger partial charge in [-0.25, -0.2) is 0 Å². The van der Waals surface area contributed by atoms with Gasteiger partial charge in [0.1, 0.15) is 0 Å². The Hall–Kier alpha value is -1.22. The van der Waals surface area contributed by atoms with Gasteiger partial charge in [-0.1, -0.05) is 125 Å². The molecule has 2 saturated carbocycles. The first kappa shape index (κ1) is 27.3. The second kappa shape index (κ2) is 11.0. The number of nitrogens with zero attached hydrogens (tertiary/aromatic N) is 2. The van der Waals surface area contributed by atoms with Gasteiger partial charge in [0.15, 0.2) is 0 Å². The Morgan fingerprint density at radius 1 is 0.415 bits per heavy atom. The zero-order valence-corrected chi connectivity index (χ0v) is 25.0. The zero-order valence-electron chi connectivity index (χ0n) is 23.4. The van der Waals surface area contributed by atoms with Crippen molar-refractivity contribution >= 4 is 0 Å². The minimum atomic E-state index is 0. The van der Waals surface area contributed by atoms with Crippen LogP contribution in [0.5, 0.6) is 0 Å². The molecule has 2 aliphatic carbocycles. The molecule has 2 aromatic rings. The van der Waals surface area contributed by atoms with Gasteiger partial charge in [0.05, 0.1) is 24.7 Å². The van der Waals surface area contributed by atoms with Gasteiger partial charge in [0.2, 0.25) is 0 Å². The molecule has 9 rings (SSSR count). The van der Waals surface area contributed by atoms with Crippen LogP contribution >= 0.6 is 0 Å². The van der Waals surface area contributed by atoms with Crippen LogP contribution in [0.1, 0.15) is 98.3 Å². The van der Waals surface area contributed by atoms with E-state index in [-0.39, 0.29) is 69.7 Å². The van der Waals surface area contributed by atoms with E-state index in [1.54, 1.807) is 0 Å². The van der Waals surface area contributed by atoms with Crippen LogP contribution in [0.15, 0.2) is 48.5 Å². The van der Waals surface area contributed by atoms with Crippen LogP contribution in [0.2, 0.25) is 0 Å². The van der Waals surface area contributed by atoms with E-state index in [1.165, 1.54) is 73.6 Å². The van der Waals surface area contributed by atoms with Gasteiger partial charge in [-0.05, 0) is 45.9 Å². The molecule has 3 saturated heterocycles. The topological polar surface area (TPSA) is 100 Å². The first-order chi connectivity index (χ1) is 19.8. The maximum atomic E-state index is 5.48. The molecule has 2 aromatic carbocycles. The number of hydrogen-bond donors (Lipinski definition) is 6. The number of nitrogens with one attached hydrogen (secondary N) is 6. The summed E-state index contributed by atoms with van der Waals surface area (Å²) >= 11 is 0. The van der Waals surface area contributed by atoms with Gasteiger partial charge in [0.25, 0.3) is 0 Å². The molecule has 0 aromatic heterocycles. The van der Waals surface area contributed by atoms with Crippen LogP contribution in [0.25, 0.3) is 10.6 Å². The Labute approximate surface area is 257 Å². The predicted octanol–water partition coefficient (Wildman–Crippen LogP) is 4.65. The third-order valence-corrected chi connectivity index (χ3v) is 11.3. The van der Waals surface area contributed by atoms with Crippen LogP contribution in [0, 0.1) is 23.7 Å². The first-order valence-electron chi connectivity index (χ1n) is 15.9. The van der Waals surface area contributed by atoms with Crippen molar-refractivity contribution in [3.8, 4) is 0 Å². The minimum absolute atomic E-state index is 0. The molecule has 12 atom stereocenters. The molecule has 12 unspecified atom stereocenters. The fourth-order valence-corrected chi connectivity index (χ4v) is 9.40. The van der Waals surface area contributed by atoms with Crippen molar-refractivity contribution in [3.63, 3.8) is 0 Å². The summed E-state index contributed by atoms with van der Waals surface area (Å²) in [5, 5.41) is 34.9. The van der Waals surface area contributed by atoms with Crippen molar-refractivity contribution in [1.29, 1.82) is 0 Å². The van der Waals surface area contributed by atoms with Crippen LogP contribution < -0.4 is 31.9 Å². The third kappa shape index (κ3) is 4.60. The molecule has 9 heteroatoms. The molecule has 8 nitrogen and oxygen atoms in total. The van der Waals surface area contributed by atoms with Gasteiger partial charge in [0, 0.05) is 0 Å². The number of rotatable bonds is 0. The first-order valence-corrected chi connectivity index (χ1v) is 15.9. The van der Waals surface area contributed by atoms with Gasteiger partial charge in [-0.15, -0.1) is 0 Å². The summed E-state index contributed by atoms with van der Waals surface area (Å²) in [6, 6.07) is 17.9. The number of fused-ring (bicyclic) bond motifs is 20. The molecule has 0 amide bonds. The van der Waals surface area contributed by atoms with Gasteiger partial charge >= 0.3 is 20.4 Å². The normalized spacial score (nSPS) is 44.3. The van der Waals surface area contributed by atoms with E-state index in [2.05, 4.69) is 80.4 Å². The van der Waals surface area contributed by atoms with Gasteiger partial charge < -0.3 is 31.9 Å². The monoisotopic (exact) mass is 644 g/mol. The van der Waals surface area contributed by atoms with Crippen LogP contribution in [-0.4, -0.2) is 24.7 Å². The quantitative estimate of drug-likeness (QED) is 0.234. The Kier molecular flexibility index (Phi) is 7.37. The van der Waals surface area contributed by atoms with Crippen molar-refractivity contribution in [2.75, 3.05) is 0 Å². The standard InChI is InChI=1S/C32H42N8.Pd/c1-2-10-18-17(9-1)25-33-26(18)38-28-21-13-5-6-14-22(21)30(35-28)40-32-24-16-8-7-15-23(24)31(36-32)39-29-20-12-4-3-11-19(20)27(34-29)37-25;/h1-2,7-10,15-16,19-22,25-33,36-40H,3-6,11-14H2;/q-2;+2. The van der Waals surface area contributed by atoms with Crippen molar-refractivity contribution in [1.82, 2.24) is 31.9 Å². The summed E-state index contributed by atoms with van der Waals surface area (Å²) in [7, 11) is 0. The maximum absolute atomic E-state index is 5.48. The molecule has 7 aliphatic rings. The molecule has 8 bridgehead atoms. The SMILES string of the molecule is [Pd+2].c1ccc2c(c1)C1NC2NC2[N-]C(NC3NC(NC4[N-]C(N1)C1CCCCC41)c1ccccc13)C1CCCCC21. The Bertz CT molecular complexity index is 1070. The van der Waals surface area contributed by atoms with Crippen LogP contribution in [-0.2, 0) is 20.4 Å². The Morgan fingerprint density at radius 2 is 0.683 bits per heavy atom. The zero-order chi connectivity index (χ0) is 26.2. The predicted molar refractivity (Wildman–Crippen MR) is 155 cm³/mol. The van der Waals surface area contributed by atoms with Crippen LogP contribution in [0.3, 0.4) is 0 Å². The molecular formula is C32H42N8Pd. The second-order valence-corrected chi connectivity index (χ2v) is 13.3. The van der Waals surface area contributed by atoms with E-state index in [9.17, 15) is 0 Å². The second-order valence-electron chi connectivity index (χ2n) is 13.3. The van der Waals surface area contributed by atoms with E-state index < -0.39 is 0 Å². The molecule has 0 radical (unpaired) electrons. The number of hydrogen-bond acceptors (Lipinski definition) is 6.